The summed E-state index contributed by atoms with van der Waals surface area (Å²) in [5.41, 5.74) is 8.91. The fraction of sp³-hybridized carbons (Fsp3) is 0.333. The van der Waals surface area contributed by atoms with Crippen molar-refractivity contribution in [2.45, 2.75) is 19.8 Å². The van der Waals surface area contributed by atoms with Gasteiger partial charge in [-0.15, -0.1) is 0 Å². The van der Waals surface area contributed by atoms with Gasteiger partial charge in [0.1, 0.15) is 12.2 Å². The largest absolute Gasteiger partial charge is 0.397 e. The Morgan fingerprint density at radius 1 is 1.41 bits per heavy atom. The van der Waals surface area contributed by atoms with Crippen molar-refractivity contribution in [1.29, 1.82) is 0 Å². The molecule has 5 heteroatoms. The second-order valence-corrected chi connectivity index (χ2v) is 4.00. The SMILES string of the molecule is Cc1cccc(N)c1NCCCc1ncn[nH]1. The highest BCUT2D eigenvalue weighted by Crippen LogP contribution is 2.22. The van der Waals surface area contributed by atoms with Crippen LogP contribution in [0.4, 0.5) is 11.4 Å². The third-order valence-electron chi connectivity index (χ3n) is 2.66. The van der Waals surface area contributed by atoms with Gasteiger partial charge in [-0.05, 0) is 25.0 Å². The van der Waals surface area contributed by atoms with Gasteiger partial charge in [-0.25, -0.2) is 4.98 Å². The Bertz CT molecular complexity index is 444. The third kappa shape index (κ3) is 2.96. The zero-order chi connectivity index (χ0) is 12.1. The number of H-pyrrole nitrogens is 1. The Morgan fingerprint density at radius 2 is 2.29 bits per heavy atom. The summed E-state index contributed by atoms with van der Waals surface area (Å²) in [5.74, 6) is 0.921. The van der Waals surface area contributed by atoms with Crippen LogP contribution in [0.15, 0.2) is 24.5 Å². The van der Waals surface area contributed by atoms with E-state index in [1.54, 1.807) is 0 Å². The molecule has 5 nitrogen and oxygen atoms in total. The minimum absolute atomic E-state index is 0.796. The Kier molecular flexibility index (Phi) is 3.59. The summed E-state index contributed by atoms with van der Waals surface area (Å²) in [5, 5.41) is 10.0. The Balaban J connectivity index is 1.82. The van der Waals surface area contributed by atoms with Crippen molar-refractivity contribution in [3.8, 4) is 0 Å². The van der Waals surface area contributed by atoms with Crippen LogP contribution >= 0.6 is 0 Å². The van der Waals surface area contributed by atoms with Crippen LogP contribution in [0.2, 0.25) is 0 Å². The first kappa shape index (κ1) is 11.4. The molecular formula is C12H17N5. The quantitative estimate of drug-likeness (QED) is 0.541. The van der Waals surface area contributed by atoms with Crippen molar-refractivity contribution in [2.75, 3.05) is 17.6 Å². The number of para-hydroxylation sites is 1. The highest BCUT2D eigenvalue weighted by molar-refractivity contribution is 5.69. The van der Waals surface area contributed by atoms with E-state index in [-0.39, 0.29) is 0 Å². The minimum Gasteiger partial charge on any atom is -0.397 e. The van der Waals surface area contributed by atoms with E-state index in [4.69, 9.17) is 5.73 Å². The van der Waals surface area contributed by atoms with Crippen molar-refractivity contribution in [1.82, 2.24) is 15.2 Å². The number of nitrogen functional groups attached to an aromatic ring is 1. The highest BCUT2D eigenvalue weighted by Gasteiger charge is 2.01. The molecule has 0 saturated carbocycles. The lowest BCUT2D eigenvalue weighted by molar-refractivity contribution is 0.805. The van der Waals surface area contributed by atoms with Gasteiger partial charge in [0, 0.05) is 13.0 Å². The van der Waals surface area contributed by atoms with Crippen LogP contribution in [-0.4, -0.2) is 21.7 Å². The molecule has 0 aliphatic heterocycles. The topological polar surface area (TPSA) is 79.6 Å². The first-order valence-corrected chi connectivity index (χ1v) is 5.70. The van der Waals surface area contributed by atoms with Gasteiger partial charge in [-0.2, -0.15) is 5.10 Å². The van der Waals surface area contributed by atoms with Gasteiger partial charge in [0.2, 0.25) is 0 Å². The number of aromatic nitrogens is 3. The van der Waals surface area contributed by atoms with Crippen molar-refractivity contribution >= 4 is 11.4 Å². The predicted molar refractivity (Wildman–Crippen MR) is 68.8 cm³/mol. The van der Waals surface area contributed by atoms with Gasteiger partial charge >= 0.3 is 0 Å². The number of anilines is 2. The number of hydrogen-bond donors (Lipinski definition) is 3. The molecule has 1 aromatic heterocycles. The van der Waals surface area contributed by atoms with Crippen LogP contribution in [0.5, 0.6) is 0 Å². The van der Waals surface area contributed by atoms with E-state index in [0.717, 1.165) is 36.6 Å². The summed E-state index contributed by atoms with van der Waals surface area (Å²) >= 11 is 0. The summed E-state index contributed by atoms with van der Waals surface area (Å²) in [7, 11) is 0. The molecule has 17 heavy (non-hydrogen) atoms. The molecule has 0 aliphatic rings. The normalized spacial score (nSPS) is 10.4. The van der Waals surface area contributed by atoms with Crippen molar-refractivity contribution in [2.24, 2.45) is 0 Å². The van der Waals surface area contributed by atoms with E-state index in [2.05, 4.69) is 33.5 Å². The van der Waals surface area contributed by atoms with Crippen molar-refractivity contribution < 1.29 is 0 Å². The zero-order valence-corrected chi connectivity index (χ0v) is 9.90. The van der Waals surface area contributed by atoms with E-state index in [1.165, 1.54) is 11.9 Å². The summed E-state index contributed by atoms with van der Waals surface area (Å²) in [6.07, 6.45) is 3.41. The second kappa shape index (κ2) is 5.34. The van der Waals surface area contributed by atoms with E-state index in [0.29, 0.717) is 0 Å². The molecule has 4 N–H and O–H groups in total. The molecule has 2 aromatic rings. The fourth-order valence-corrected chi connectivity index (χ4v) is 1.75. The Labute approximate surface area is 100 Å². The van der Waals surface area contributed by atoms with Crippen molar-refractivity contribution in [3.63, 3.8) is 0 Å². The summed E-state index contributed by atoms with van der Waals surface area (Å²) in [6.45, 7) is 2.92. The molecule has 0 saturated heterocycles. The molecule has 0 spiro atoms. The molecule has 0 fully saturated rings. The maximum Gasteiger partial charge on any atom is 0.137 e. The van der Waals surface area contributed by atoms with Gasteiger partial charge < -0.3 is 11.1 Å². The lowest BCUT2D eigenvalue weighted by Gasteiger charge is -2.11. The minimum atomic E-state index is 0.796. The third-order valence-corrected chi connectivity index (χ3v) is 2.66. The lowest BCUT2D eigenvalue weighted by atomic mass is 10.1. The van der Waals surface area contributed by atoms with Gasteiger partial charge in [0.15, 0.2) is 0 Å². The number of benzene rings is 1. The van der Waals surface area contributed by atoms with Crippen LogP contribution in [-0.2, 0) is 6.42 Å². The molecule has 0 unspecified atom stereocenters. The average Bonchev–Trinajstić information content (AvgIpc) is 2.80. The predicted octanol–water partition coefficient (Wildman–Crippen LogP) is 1.74. The van der Waals surface area contributed by atoms with Gasteiger partial charge in [0.25, 0.3) is 0 Å². The molecule has 90 valence electrons. The van der Waals surface area contributed by atoms with Gasteiger partial charge in [-0.3, -0.25) is 5.10 Å². The smallest absolute Gasteiger partial charge is 0.137 e. The van der Waals surface area contributed by atoms with E-state index < -0.39 is 0 Å². The van der Waals surface area contributed by atoms with Crippen LogP contribution in [0, 0.1) is 6.92 Å². The standard InChI is InChI=1S/C12H17N5/c1-9-4-2-5-10(13)12(9)14-7-3-6-11-15-8-16-17-11/h2,4-5,8,14H,3,6-7,13H2,1H3,(H,15,16,17). The lowest BCUT2D eigenvalue weighted by Crippen LogP contribution is -2.07. The van der Waals surface area contributed by atoms with Crippen LogP contribution in [0.25, 0.3) is 0 Å². The molecule has 1 heterocycles. The number of rotatable bonds is 5. The van der Waals surface area contributed by atoms with E-state index >= 15 is 0 Å². The molecular weight excluding hydrogens is 214 g/mol. The van der Waals surface area contributed by atoms with Crippen molar-refractivity contribution in [3.05, 3.63) is 35.9 Å². The van der Waals surface area contributed by atoms with Crippen LogP contribution in [0.1, 0.15) is 17.8 Å². The molecule has 0 aliphatic carbocycles. The van der Waals surface area contributed by atoms with Gasteiger partial charge in [-0.1, -0.05) is 12.1 Å². The highest BCUT2D eigenvalue weighted by atomic mass is 15.2. The Hall–Kier alpha value is -2.04. The zero-order valence-electron chi connectivity index (χ0n) is 9.90. The number of hydrogen-bond acceptors (Lipinski definition) is 4. The van der Waals surface area contributed by atoms with E-state index in [1.807, 2.05) is 12.1 Å². The molecule has 0 amide bonds. The average molecular weight is 231 g/mol. The molecule has 0 bridgehead atoms. The molecule has 1 aromatic carbocycles. The van der Waals surface area contributed by atoms with Crippen LogP contribution < -0.4 is 11.1 Å². The number of nitrogens with two attached hydrogens (primary N) is 1. The Morgan fingerprint density at radius 3 is 3.00 bits per heavy atom. The summed E-state index contributed by atoms with van der Waals surface area (Å²) in [4.78, 5) is 4.08. The number of aromatic amines is 1. The number of nitrogens with zero attached hydrogens (tertiary/aromatic N) is 2. The van der Waals surface area contributed by atoms with Crippen LogP contribution in [0.3, 0.4) is 0 Å². The maximum absolute atomic E-state index is 5.91. The second-order valence-electron chi connectivity index (χ2n) is 4.00. The first-order chi connectivity index (χ1) is 8.27. The fourth-order valence-electron chi connectivity index (χ4n) is 1.75. The molecule has 2 rings (SSSR count). The number of nitrogens with one attached hydrogen (secondary N) is 2. The van der Waals surface area contributed by atoms with E-state index in [9.17, 15) is 0 Å². The summed E-state index contributed by atoms with van der Waals surface area (Å²) in [6, 6.07) is 5.92. The number of aryl methyl sites for hydroxylation is 2. The first-order valence-electron chi connectivity index (χ1n) is 5.70. The summed E-state index contributed by atoms with van der Waals surface area (Å²) < 4.78 is 0. The van der Waals surface area contributed by atoms with Gasteiger partial charge in [0.05, 0.1) is 11.4 Å². The molecule has 0 atom stereocenters. The monoisotopic (exact) mass is 231 g/mol. The maximum atomic E-state index is 5.91. The molecule has 0 radical (unpaired) electrons.